The molecular weight excluding hydrogens is 353 g/mol. The minimum Gasteiger partial charge on any atom is -0.308 e. The molecule has 0 bridgehead atoms. The van der Waals surface area contributed by atoms with Crippen molar-refractivity contribution < 1.29 is 9.18 Å². The van der Waals surface area contributed by atoms with E-state index >= 15 is 0 Å². The van der Waals surface area contributed by atoms with Crippen molar-refractivity contribution in [2.75, 3.05) is 36.4 Å². The second-order valence-electron chi connectivity index (χ2n) is 7.92. The molecule has 1 spiro atoms. The van der Waals surface area contributed by atoms with Crippen LogP contribution in [0.4, 0.5) is 20.6 Å². The van der Waals surface area contributed by atoms with Crippen molar-refractivity contribution >= 4 is 17.4 Å². The number of anilines is 2. The van der Waals surface area contributed by atoms with Gasteiger partial charge in [-0.25, -0.2) is 9.18 Å². The highest BCUT2D eigenvalue weighted by atomic mass is 19.1. The number of urea groups is 1. The number of likely N-dealkylation sites (tertiary alicyclic amines) is 1. The van der Waals surface area contributed by atoms with Gasteiger partial charge in [0.1, 0.15) is 5.82 Å². The first-order valence-electron chi connectivity index (χ1n) is 9.79. The predicted octanol–water partition coefficient (Wildman–Crippen LogP) is 4.71. The van der Waals surface area contributed by atoms with Gasteiger partial charge in [-0.1, -0.05) is 18.2 Å². The van der Waals surface area contributed by atoms with E-state index in [0.717, 1.165) is 55.0 Å². The normalized spacial score (nSPS) is 18.1. The van der Waals surface area contributed by atoms with Gasteiger partial charge in [-0.2, -0.15) is 0 Å². The Morgan fingerprint density at radius 2 is 2.04 bits per heavy atom. The fourth-order valence-corrected chi connectivity index (χ4v) is 4.51. The molecule has 0 aliphatic carbocycles. The van der Waals surface area contributed by atoms with E-state index in [4.69, 9.17) is 0 Å². The van der Waals surface area contributed by atoms with E-state index in [1.165, 1.54) is 6.07 Å². The third-order valence-electron chi connectivity index (χ3n) is 6.00. The maximum Gasteiger partial charge on any atom is 0.326 e. The summed E-state index contributed by atoms with van der Waals surface area (Å²) in [5, 5.41) is 3.00. The van der Waals surface area contributed by atoms with E-state index in [0.29, 0.717) is 6.54 Å². The lowest BCUT2D eigenvalue weighted by molar-refractivity contribution is 0.180. The number of rotatable bonds is 3. The molecule has 0 radical (unpaired) electrons. The molecule has 0 atom stereocenters. The van der Waals surface area contributed by atoms with E-state index in [1.54, 1.807) is 17.0 Å². The third kappa shape index (κ3) is 3.42. The van der Waals surface area contributed by atoms with Gasteiger partial charge in [0.25, 0.3) is 0 Å². The van der Waals surface area contributed by atoms with Gasteiger partial charge >= 0.3 is 6.03 Å². The van der Waals surface area contributed by atoms with Gasteiger partial charge in [0.15, 0.2) is 0 Å². The summed E-state index contributed by atoms with van der Waals surface area (Å²) in [6.07, 6.45) is 3.74. The summed E-state index contributed by atoms with van der Waals surface area (Å²) in [6, 6.07) is 12.4. The van der Waals surface area contributed by atoms with Crippen molar-refractivity contribution in [3.05, 3.63) is 72.1 Å². The van der Waals surface area contributed by atoms with Gasteiger partial charge in [-0.15, -0.1) is 6.58 Å². The number of fused-ring (bicyclic) bond motifs is 2. The van der Waals surface area contributed by atoms with Gasteiger partial charge in [0, 0.05) is 29.9 Å². The van der Waals surface area contributed by atoms with E-state index in [9.17, 15) is 9.18 Å². The number of aryl methyl sites for hydroxylation is 1. The zero-order valence-corrected chi connectivity index (χ0v) is 16.2. The molecule has 1 saturated heterocycles. The lowest BCUT2D eigenvalue weighted by Gasteiger charge is -2.39. The summed E-state index contributed by atoms with van der Waals surface area (Å²) < 4.78 is 14.1. The van der Waals surface area contributed by atoms with Crippen molar-refractivity contribution in [3.8, 4) is 0 Å². The number of hydrogen-bond donors (Lipinski definition) is 1. The van der Waals surface area contributed by atoms with Crippen LogP contribution in [0, 0.1) is 12.7 Å². The number of piperidine rings is 1. The smallest absolute Gasteiger partial charge is 0.308 e. The highest BCUT2D eigenvalue weighted by molar-refractivity contribution is 6.03. The van der Waals surface area contributed by atoms with Gasteiger partial charge < -0.3 is 5.32 Å². The fraction of sp³-hybridized carbons (Fsp3) is 0.348. The van der Waals surface area contributed by atoms with Crippen LogP contribution in [0.3, 0.4) is 0 Å². The molecule has 2 heterocycles. The lowest BCUT2D eigenvalue weighted by Crippen LogP contribution is -2.46. The second-order valence-corrected chi connectivity index (χ2v) is 7.92. The molecule has 2 aliphatic rings. The van der Waals surface area contributed by atoms with Crippen molar-refractivity contribution in [2.45, 2.75) is 25.2 Å². The Morgan fingerprint density at radius 3 is 2.75 bits per heavy atom. The molecule has 2 aromatic rings. The Labute approximate surface area is 165 Å². The van der Waals surface area contributed by atoms with Gasteiger partial charge in [0.05, 0.1) is 0 Å². The Bertz CT molecular complexity index is 902. The van der Waals surface area contributed by atoms with E-state index in [1.807, 2.05) is 37.3 Å². The van der Waals surface area contributed by atoms with E-state index < -0.39 is 0 Å². The van der Waals surface area contributed by atoms with Crippen LogP contribution in [-0.4, -0.2) is 37.1 Å². The topological polar surface area (TPSA) is 35.6 Å². The first-order chi connectivity index (χ1) is 13.5. The summed E-state index contributed by atoms with van der Waals surface area (Å²) in [6.45, 7) is 9.12. The summed E-state index contributed by atoms with van der Waals surface area (Å²) >= 11 is 0. The molecule has 4 nitrogen and oxygen atoms in total. The molecule has 5 heteroatoms. The van der Waals surface area contributed by atoms with Gasteiger partial charge in [-0.05, 0) is 74.3 Å². The fourth-order valence-electron chi connectivity index (χ4n) is 4.51. The zero-order chi connectivity index (χ0) is 19.7. The van der Waals surface area contributed by atoms with Crippen molar-refractivity contribution in [2.24, 2.45) is 0 Å². The molecule has 0 unspecified atom stereocenters. The average molecular weight is 379 g/mol. The Kier molecular flexibility index (Phi) is 4.94. The molecule has 1 N–H and O–H groups in total. The molecule has 28 heavy (non-hydrogen) atoms. The van der Waals surface area contributed by atoms with Crippen molar-refractivity contribution in [1.82, 2.24) is 4.90 Å². The average Bonchev–Trinajstić information content (AvgIpc) is 2.98. The molecular formula is C23H26FN3O. The number of nitrogens with zero attached hydrogens (tertiary/aromatic N) is 2. The third-order valence-corrected chi connectivity index (χ3v) is 6.00. The number of carbonyl (C=O) groups excluding carboxylic acids is 1. The Balaban J connectivity index is 1.60. The molecule has 2 aliphatic heterocycles. The number of amides is 2. The first kappa shape index (κ1) is 18.7. The summed E-state index contributed by atoms with van der Waals surface area (Å²) in [5.74, 6) is -0.243. The van der Waals surface area contributed by atoms with Crippen LogP contribution in [0.1, 0.15) is 24.0 Å². The maximum absolute atomic E-state index is 14.1. The van der Waals surface area contributed by atoms with Crippen LogP contribution >= 0.6 is 0 Å². The maximum atomic E-state index is 14.1. The van der Waals surface area contributed by atoms with Crippen LogP contribution in [-0.2, 0) is 5.41 Å². The predicted molar refractivity (Wildman–Crippen MR) is 111 cm³/mol. The van der Waals surface area contributed by atoms with Gasteiger partial charge in [-0.3, -0.25) is 9.80 Å². The summed E-state index contributed by atoms with van der Waals surface area (Å²) in [5.41, 5.74) is 3.47. The molecule has 4 rings (SSSR count). The molecule has 2 amide bonds. The van der Waals surface area contributed by atoms with E-state index in [2.05, 4.69) is 16.8 Å². The molecule has 0 aromatic heterocycles. The van der Waals surface area contributed by atoms with Crippen LogP contribution in [0.5, 0.6) is 0 Å². The van der Waals surface area contributed by atoms with Gasteiger partial charge in [0.2, 0.25) is 0 Å². The Hall–Kier alpha value is -2.66. The first-order valence-corrected chi connectivity index (χ1v) is 9.79. The zero-order valence-electron chi connectivity index (χ0n) is 16.2. The summed E-state index contributed by atoms with van der Waals surface area (Å²) in [7, 11) is 0. The molecule has 0 saturated carbocycles. The van der Waals surface area contributed by atoms with Crippen LogP contribution < -0.4 is 10.2 Å². The highest BCUT2D eigenvalue weighted by Crippen LogP contribution is 2.47. The molecule has 146 valence electrons. The van der Waals surface area contributed by atoms with Crippen LogP contribution in [0.25, 0.3) is 0 Å². The highest BCUT2D eigenvalue weighted by Gasteiger charge is 2.46. The largest absolute Gasteiger partial charge is 0.326 e. The number of benzene rings is 2. The molecule has 1 fully saturated rings. The number of halogens is 1. The summed E-state index contributed by atoms with van der Waals surface area (Å²) in [4.78, 5) is 17.2. The SMILES string of the molecule is C=CCN1CCC2(CC1)CN(C(=O)Nc1cccc(C)c1)c1ccc(F)cc12. The quantitative estimate of drug-likeness (QED) is 0.784. The van der Waals surface area contributed by atoms with E-state index in [-0.39, 0.29) is 17.3 Å². The second kappa shape index (κ2) is 7.40. The number of nitrogens with one attached hydrogen (secondary N) is 1. The number of hydrogen-bond acceptors (Lipinski definition) is 2. The Morgan fingerprint density at radius 1 is 1.25 bits per heavy atom. The molecule has 2 aromatic carbocycles. The monoisotopic (exact) mass is 379 g/mol. The van der Waals surface area contributed by atoms with Crippen LogP contribution in [0.2, 0.25) is 0 Å². The lowest BCUT2D eigenvalue weighted by atomic mass is 9.74. The van der Waals surface area contributed by atoms with Crippen LogP contribution in [0.15, 0.2) is 55.1 Å². The number of carbonyl (C=O) groups is 1. The minimum atomic E-state index is -0.243. The van der Waals surface area contributed by atoms with Crippen molar-refractivity contribution in [3.63, 3.8) is 0 Å². The standard InChI is InChI=1S/C23H26FN3O/c1-3-11-26-12-9-23(10-13-26)16-27(21-8-7-18(24)15-20(21)23)22(28)25-19-6-4-5-17(2)14-19/h3-8,14-15H,1,9-13,16H2,2H3,(H,25,28). The van der Waals surface area contributed by atoms with Crippen molar-refractivity contribution in [1.29, 1.82) is 0 Å². The minimum absolute atomic E-state index is 0.163.